The maximum absolute atomic E-state index is 12.5. The van der Waals surface area contributed by atoms with Crippen LogP contribution in [0.2, 0.25) is 0 Å². The van der Waals surface area contributed by atoms with E-state index in [-0.39, 0.29) is 47.9 Å². The zero-order valence-corrected chi connectivity index (χ0v) is 17.7. The standard InChI is InChI=1S/C19H18F3N5O.HI/c1-27-12-15(11-25-27)14-6-4-5-13(9-14)10-24-18(23)26-16-7-2-3-8-17(16)28-19(20,21)22;/h2-9,11-12H,10H2,1H3,(H3,23,24,26);1H. The SMILES string of the molecule is Cn1cc(-c2cccc(CN=C(N)Nc3ccccc3OC(F)(F)F)c2)cn1.I. The summed E-state index contributed by atoms with van der Waals surface area (Å²) in [6, 6.07) is 13.3. The van der Waals surface area contributed by atoms with Gasteiger partial charge in [0.1, 0.15) is 0 Å². The minimum atomic E-state index is -4.80. The number of aromatic nitrogens is 2. The zero-order valence-electron chi connectivity index (χ0n) is 15.3. The Kier molecular flexibility index (Phi) is 7.48. The topological polar surface area (TPSA) is 77.5 Å². The van der Waals surface area contributed by atoms with Crippen molar-refractivity contribution < 1.29 is 17.9 Å². The molecule has 2 aromatic carbocycles. The van der Waals surface area contributed by atoms with E-state index >= 15 is 0 Å². The molecule has 0 bridgehead atoms. The number of ether oxygens (including phenoxy) is 1. The lowest BCUT2D eigenvalue weighted by Crippen LogP contribution is -2.24. The Morgan fingerprint density at radius 3 is 2.62 bits per heavy atom. The number of nitrogens with two attached hydrogens (primary N) is 1. The van der Waals surface area contributed by atoms with Crippen LogP contribution in [-0.4, -0.2) is 22.1 Å². The van der Waals surface area contributed by atoms with Crippen LogP contribution < -0.4 is 15.8 Å². The molecule has 0 unspecified atom stereocenters. The van der Waals surface area contributed by atoms with Crippen molar-refractivity contribution in [2.75, 3.05) is 5.32 Å². The number of alkyl halides is 3. The van der Waals surface area contributed by atoms with Crippen LogP contribution in [0.5, 0.6) is 5.75 Å². The average Bonchev–Trinajstić information content (AvgIpc) is 3.07. The lowest BCUT2D eigenvalue weighted by Gasteiger charge is -2.14. The third kappa shape index (κ3) is 6.66. The number of rotatable bonds is 5. The summed E-state index contributed by atoms with van der Waals surface area (Å²) < 4.78 is 43.2. The van der Waals surface area contributed by atoms with E-state index in [2.05, 4.69) is 20.1 Å². The Hall–Kier alpha value is -2.76. The Labute approximate surface area is 182 Å². The first-order valence-corrected chi connectivity index (χ1v) is 8.30. The van der Waals surface area contributed by atoms with E-state index in [0.29, 0.717) is 0 Å². The first-order valence-electron chi connectivity index (χ1n) is 8.30. The van der Waals surface area contributed by atoms with Crippen LogP contribution in [0.4, 0.5) is 18.9 Å². The number of nitrogens with one attached hydrogen (secondary N) is 1. The number of aryl methyl sites for hydroxylation is 1. The molecule has 0 aliphatic heterocycles. The van der Waals surface area contributed by atoms with Gasteiger partial charge in [-0.3, -0.25) is 4.68 Å². The first kappa shape index (κ1) is 22.5. The number of anilines is 1. The molecule has 3 rings (SSSR count). The lowest BCUT2D eigenvalue weighted by molar-refractivity contribution is -0.274. The molecule has 0 atom stereocenters. The van der Waals surface area contributed by atoms with Gasteiger partial charge < -0.3 is 15.8 Å². The van der Waals surface area contributed by atoms with Gasteiger partial charge >= 0.3 is 6.36 Å². The number of para-hydroxylation sites is 2. The van der Waals surface area contributed by atoms with Crippen molar-refractivity contribution in [1.82, 2.24) is 9.78 Å². The van der Waals surface area contributed by atoms with Crippen LogP contribution in [-0.2, 0) is 13.6 Å². The van der Waals surface area contributed by atoms with Crippen molar-refractivity contribution in [2.24, 2.45) is 17.8 Å². The van der Waals surface area contributed by atoms with Crippen molar-refractivity contribution in [3.63, 3.8) is 0 Å². The maximum atomic E-state index is 12.5. The molecule has 0 fully saturated rings. The molecule has 1 heterocycles. The van der Waals surface area contributed by atoms with Gasteiger partial charge in [0.25, 0.3) is 0 Å². The summed E-state index contributed by atoms with van der Waals surface area (Å²) in [5.74, 6) is -0.406. The van der Waals surface area contributed by atoms with Gasteiger partial charge in [-0.2, -0.15) is 5.10 Å². The zero-order chi connectivity index (χ0) is 20.1. The Bertz CT molecular complexity index is 988. The van der Waals surface area contributed by atoms with E-state index in [1.165, 1.54) is 18.2 Å². The van der Waals surface area contributed by atoms with Gasteiger partial charge in [-0.15, -0.1) is 37.1 Å². The van der Waals surface area contributed by atoms with Crippen LogP contribution in [0.15, 0.2) is 65.9 Å². The summed E-state index contributed by atoms with van der Waals surface area (Å²) in [6.07, 6.45) is -1.14. The van der Waals surface area contributed by atoms with Gasteiger partial charge in [-0.05, 0) is 29.3 Å². The molecule has 1 aromatic heterocycles. The minimum Gasteiger partial charge on any atom is -0.404 e. The van der Waals surface area contributed by atoms with Crippen molar-refractivity contribution in [3.05, 3.63) is 66.5 Å². The third-order valence-electron chi connectivity index (χ3n) is 3.77. The van der Waals surface area contributed by atoms with Gasteiger partial charge in [0, 0.05) is 18.8 Å². The van der Waals surface area contributed by atoms with Crippen LogP contribution in [0, 0.1) is 0 Å². The molecule has 29 heavy (non-hydrogen) atoms. The first-order chi connectivity index (χ1) is 13.3. The molecule has 0 aliphatic carbocycles. The van der Waals surface area contributed by atoms with Gasteiger partial charge in [-0.25, -0.2) is 4.99 Å². The van der Waals surface area contributed by atoms with Crippen LogP contribution in [0.3, 0.4) is 0 Å². The molecule has 0 radical (unpaired) electrons. The Balaban J connectivity index is 0.00000300. The molecule has 6 nitrogen and oxygen atoms in total. The van der Waals surface area contributed by atoms with E-state index in [1.807, 2.05) is 37.5 Å². The van der Waals surface area contributed by atoms with Gasteiger partial charge in [-0.1, -0.05) is 30.3 Å². The molecule has 0 saturated heterocycles. The highest BCUT2D eigenvalue weighted by molar-refractivity contribution is 14.0. The summed E-state index contributed by atoms with van der Waals surface area (Å²) >= 11 is 0. The van der Waals surface area contributed by atoms with Crippen molar-refractivity contribution >= 4 is 35.6 Å². The monoisotopic (exact) mass is 517 g/mol. The summed E-state index contributed by atoms with van der Waals surface area (Å²) in [4.78, 5) is 4.19. The summed E-state index contributed by atoms with van der Waals surface area (Å²) in [6.45, 7) is 0.259. The average molecular weight is 517 g/mol. The third-order valence-corrected chi connectivity index (χ3v) is 3.77. The molecule has 10 heteroatoms. The fraction of sp³-hybridized carbons (Fsp3) is 0.158. The number of nitrogens with zero attached hydrogens (tertiary/aromatic N) is 3. The fourth-order valence-corrected chi connectivity index (χ4v) is 2.56. The van der Waals surface area contributed by atoms with Crippen molar-refractivity contribution in [3.8, 4) is 16.9 Å². The number of benzene rings is 2. The second kappa shape index (κ2) is 9.63. The molecule has 0 amide bonds. The maximum Gasteiger partial charge on any atom is 0.573 e. The van der Waals surface area contributed by atoms with Gasteiger partial charge in [0.15, 0.2) is 11.7 Å². The molecule has 3 N–H and O–H groups in total. The lowest BCUT2D eigenvalue weighted by atomic mass is 10.1. The molecule has 0 spiro atoms. The summed E-state index contributed by atoms with van der Waals surface area (Å²) in [5, 5.41) is 6.79. The highest BCUT2D eigenvalue weighted by Gasteiger charge is 2.32. The second-order valence-electron chi connectivity index (χ2n) is 5.97. The smallest absolute Gasteiger partial charge is 0.404 e. The van der Waals surface area contributed by atoms with Crippen LogP contribution in [0.25, 0.3) is 11.1 Å². The molecule has 0 aliphatic rings. The molecular weight excluding hydrogens is 498 g/mol. The predicted molar refractivity (Wildman–Crippen MR) is 116 cm³/mol. The molecule has 154 valence electrons. The van der Waals surface area contributed by atoms with Gasteiger partial charge in [0.05, 0.1) is 18.4 Å². The van der Waals surface area contributed by atoms with E-state index < -0.39 is 6.36 Å². The van der Waals surface area contributed by atoms with E-state index in [9.17, 15) is 13.2 Å². The summed E-state index contributed by atoms with van der Waals surface area (Å²) in [7, 11) is 1.84. The van der Waals surface area contributed by atoms with E-state index in [0.717, 1.165) is 16.7 Å². The second-order valence-corrected chi connectivity index (χ2v) is 5.97. The highest BCUT2D eigenvalue weighted by Crippen LogP contribution is 2.29. The largest absolute Gasteiger partial charge is 0.573 e. The number of halogens is 4. The Morgan fingerprint density at radius 1 is 1.17 bits per heavy atom. The number of guanidine groups is 1. The van der Waals surface area contributed by atoms with E-state index in [4.69, 9.17) is 5.73 Å². The van der Waals surface area contributed by atoms with Crippen molar-refractivity contribution in [2.45, 2.75) is 12.9 Å². The minimum absolute atomic E-state index is 0. The van der Waals surface area contributed by atoms with Gasteiger partial charge in [0.2, 0.25) is 0 Å². The van der Waals surface area contributed by atoms with Crippen molar-refractivity contribution in [1.29, 1.82) is 0 Å². The number of aliphatic imine (C=N–C) groups is 1. The van der Waals surface area contributed by atoms with E-state index in [1.54, 1.807) is 16.9 Å². The molecule has 3 aromatic rings. The number of hydrogen-bond donors (Lipinski definition) is 2. The predicted octanol–water partition coefficient (Wildman–Crippen LogP) is 4.53. The molecule has 0 saturated carbocycles. The van der Waals surface area contributed by atoms with Crippen LogP contribution in [0.1, 0.15) is 5.56 Å². The quantitative estimate of drug-likeness (QED) is 0.296. The highest BCUT2D eigenvalue weighted by atomic mass is 127. The Morgan fingerprint density at radius 2 is 1.93 bits per heavy atom. The summed E-state index contributed by atoms with van der Waals surface area (Å²) in [5.41, 5.74) is 8.75. The normalized spacial score (nSPS) is 11.7. The molecular formula is C19H19F3IN5O. The van der Waals surface area contributed by atoms with Crippen LogP contribution >= 0.6 is 24.0 Å². The number of hydrogen-bond acceptors (Lipinski definition) is 3. The fourth-order valence-electron chi connectivity index (χ4n) is 2.56.